The van der Waals surface area contributed by atoms with Gasteiger partial charge in [-0.1, -0.05) is 24.3 Å². The largest absolute Gasteiger partial charge is 0.380 e. The molecule has 0 atom stereocenters. The number of anilines is 1. The van der Waals surface area contributed by atoms with Crippen molar-refractivity contribution in [2.24, 2.45) is 0 Å². The number of rotatable bonds is 3. The molecule has 2 rings (SSSR count). The van der Waals surface area contributed by atoms with Crippen molar-refractivity contribution in [3.05, 3.63) is 62.8 Å². The standard InChI is InChI=1S/C13H10Br2FN/c14-10-5-1-2-7-12(10)17-8-9-4-3-6-11(16)13(9)15/h1-7,17H,8H2. The summed E-state index contributed by atoms with van der Waals surface area (Å²) in [4.78, 5) is 0. The van der Waals surface area contributed by atoms with Crippen LogP contribution in [0.1, 0.15) is 5.56 Å². The minimum atomic E-state index is -0.239. The molecule has 0 aliphatic rings. The third-order valence-corrected chi connectivity index (χ3v) is 3.95. The van der Waals surface area contributed by atoms with Crippen LogP contribution in [0.5, 0.6) is 0 Å². The molecule has 0 fully saturated rings. The van der Waals surface area contributed by atoms with Crippen LogP contribution in [0, 0.1) is 5.82 Å². The molecule has 4 heteroatoms. The summed E-state index contributed by atoms with van der Waals surface area (Å²) in [5, 5.41) is 3.25. The molecular formula is C13H10Br2FN. The Balaban J connectivity index is 2.13. The van der Waals surface area contributed by atoms with Gasteiger partial charge in [0.1, 0.15) is 5.82 Å². The maximum absolute atomic E-state index is 13.3. The second-order valence-corrected chi connectivity index (χ2v) is 5.19. The lowest BCUT2D eigenvalue weighted by atomic mass is 10.2. The molecule has 88 valence electrons. The number of nitrogens with one attached hydrogen (secondary N) is 1. The van der Waals surface area contributed by atoms with Crippen LogP contribution in [0.3, 0.4) is 0 Å². The number of halogens is 3. The highest BCUT2D eigenvalue weighted by atomic mass is 79.9. The molecule has 0 spiro atoms. The Kier molecular flexibility index (Phi) is 4.18. The summed E-state index contributed by atoms with van der Waals surface area (Å²) in [6, 6.07) is 12.9. The van der Waals surface area contributed by atoms with Gasteiger partial charge in [-0.05, 0) is 55.6 Å². The van der Waals surface area contributed by atoms with Crippen molar-refractivity contribution in [2.45, 2.75) is 6.54 Å². The van der Waals surface area contributed by atoms with Gasteiger partial charge in [-0.3, -0.25) is 0 Å². The van der Waals surface area contributed by atoms with E-state index in [1.807, 2.05) is 30.3 Å². The van der Waals surface area contributed by atoms with Crippen LogP contribution in [-0.4, -0.2) is 0 Å². The quantitative estimate of drug-likeness (QED) is 0.817. The van der Waals surface area contributed by atoms with Crippen LogP contribution in [-0.2, 0) is 6.54 Å². The summed E-state index contributed by atoms with van der Waals surface area (Å²) < 4.78 is 14.8. The van der Waals surface area contributed by atoms with Gasteiger partial charge in [-0.15, -0.1) is 0 Å². The normalized spacial score (nSPS) is 10.3. The predicted molar refractivity (Wildman–Crippen MR) is 75.6 cm³/mol. The maximum Gasteiger partial charge on any atom is 0.137 e. The lowest BCUT2D eigenvalue weighted by Gasteiger charge is -2.10. The number of hydrogen-bond acceptors (Lipinski definition) is 1. The third kappa shape index (κ3) is 3.07. The highest BCUT2D eigenvalue weighted by molar-refractivity contribution is 9.11. The van der Waals surface area contributed by atoms with E-state index in [4.69, 9.17) is 0 Å². The Morgan fingerprint density at radius 1 is 1.00 bits per heavy atom. The van der Waals surface area contributed by atoms with E-state index < -0.39 is 0 Å². The summed E-state index contributed by atoms with van der Waals surface area (Å²) in [6.07, 6.45) is 0. The summed E-state index contributed by atoms with van der Waals surface area (Å²) in [5.74, 6) is -0.239. The summed E-state index contributed by atoms with van der Waals surface area (Å²) in [7, 11) is 0. The molecule has 0 aliphatic heterocycles. The fourth-order valence-corrected chi connectivity index (χ4v) is 2.31. The van der Waals surface area contributed by atoms with Gasteiger partial charge >= 0.3 is 0 Å². The first kappa shape index (κ1) is 12.6. The maximum atomic E-state index is 13.3. The summed E-state index contributed by atoms with van der Waals surface area (Å²) in [6.45, 7) is 0.570. The molecule has 0 unspecified atom stereocenters. The first-order valence-corrected chi connectivity index (χ1v) is 6.68. The Bertz CT molecular complexity index is 529. The molecular weight excluding hydrogens is 349 g/mol. The second-order valence-electron chi connectivity index (χ2n) is 3.55. The zero-order valence-corrected chi connectivity index (χ0v) is 12.1. The van der Waals surface area contributed by atoms with E-state index in [9.17, 15) is 4.39 Å². The van der Waals surface area contributed by atoms with Crippen molar-refractivity contribution in [1.29, 1.82) is 0 Å². The lowest BCUT2D eigenvalue weighted by Crippen LogP contribution is -2.01. The van der Waals surface area contributed by atoms with Crippen molar-refractivity contribution in [3.8, 4) is 0 Å². The van der Waals surface area contributed by atoms with Gasteiger partial charge in [0.2, 0.25) is 0 Å². The molecule has 2 aromatic carbocycles. The fraction of sp³-hybridized carbons (Fsp3) is 0.0769. The van der Waals surface area contributed by atoms with E-state index in [1.165, 1.54) is 6.07 Å². The molecule has 2 aromatic rings. The minimum absolute atomic E-state index is 0.239. The Morgan fingerprint density at radius 3 is 2.53 bits per heavy atom. The highest BCUT2D eigenvalue weighted by Gasteiger charge is 2.05. The smallest absolute Gasteiger partial charge is 0.137 e. The molecule has 1 N–H and O–H groups in total. The second kappa shape index (κ2) is 5.65. The molecule has 0 bridgehead atoms. The SMILES string of the molecule is Fc1cccc(CNc2ccccc2Br)c1Br. The van der Waals surface area contributed by atoms with Crippen molar-refractivity contribution < 1.29 is 4.39 Å². The molecule has 0 amide bonds. The van der Waals surface area contributed by atoms with Crippen LogP contribution in [0.15, 0.2) is 51.4 Å². The van der Waals surface area contributed by atoms with Gasteiger partial charge in [-0.25, -0.2) is 4.39 Å². The van der Waals surface area contributed by atoms with E-state index in [1.54, 1.807) is 6.07 Å². The molecule has 0 aliphatic carbocycles. The average Bonchev–Trinajstić information content (AvgIpc) is 2.33. The monoisotopic (exact) mass is 357 g/mol. The molecule has 0 saturated heterocycles. The topological polar surface area (TPSA) is 12.0 Å². The zero-order valence-electron chi connectivity index (χ0n) is 8.88. The predicted octanol–water partition coefficient (Wildman–Crippen LogP) is 4.96. The molecule has 17 heavy (non-hydrogen) atoms. The van der Waals surface area contributed by atoms with Crippen LogP contribution in [0.2, 0.25) is 0 Å². The van der Waals surface area contributed by atoms with E-state index in [2.05, 4.69) is 37.2 Å². The van der Waals surface area contributed by atoms with E-state index in [0.717, 1.165) is 15.7 Å². The highest BCUT2D eigenvalue weighted by Crippen LogP contribution is 2.24. The Labute approximate surface area is 116 Å². The Hall–Kier alpha value is -0.870. The van der Waals surface area contributed by atoms with Gasteiger partial charge < -0.3 is 5.32 Å². The third-order valence-electron chi connectivity index (χ3n) is 2.37. The molecule has 0 heterocycles. The number of benzene rings is 2. The molecule has 0 radical (unpaired) electrons. The van der Waals surface area contributed by atoms with E-state index in [0.29, 0.717) is 11.0 Å². The van der Waals surface area contributed by atoms with E-state index in [-0.39, 0.29) is 5.82 Å². The van der Waals surface area contributed by atoms with Crippen molar-refractivity contribution in [2.75, 3.05) is 5.32 Å². The Morgan fingerprint density at radius 2 is 1.76 bits per heavy atom. The average molecular weight is 359 g/mol. The molecule has 0 aromatic heterocycles. The van der Waals surface area contributed by atoms with Crippen molar-refractivity contribution >= 4 is 37.5 Å². The first-order valence-electron chi connectivity index (χ1n) is 5.10. The van der Waals surface area contributed by atoms with Gasteiger partial charge in [0.05, 0.1) is 4.47 Å². The lowest BCUT2D eigenvalue weighted by molar-refractivity contribution is 0.618. The van der Waals surface area contributed by atoms with Crippen molar-refractivity contribution in [3.63, 3.8) is 0 Å². The van der Waals surface area contributed by atoms with E-state index >= 15 is 0 Å². The van der Waals surface area contributed by atoms with Gasteiger partial charge in [0.15, 0.2) is 0 Å². The van der Waals surface area contributed by atoms with Crippen molar-refractivity contribution in [1.82, 2.24) is 0 Å². The van der Waals surface area contributed by atoms with Crippen LogP contribution in [0.25, 0.3) is 0 Å². The van der Waals surface area contributed by atoms with Gasteiger partial charge in [0, 0.05) is 16.7 Å². The van der Waals surface area contributed by atoms with Gasteiger partial charge in [-0.2, -0.15) is 0 Å². The van der Waals surface area contributed by atoms with Crippen LogP contribution in [0.4, 0.5) is 10.1 Å². The summed E-state index contributed by atoms with van der Waals surface area (Å²) in [5.41, 5.74) is 1.88. The number of para-hydroxylation sites is 1. The van der Waals surface area contributed by atoms with Gasteiger partial charge in [0.25, 0.3) is 0 Å². The molecule has 0 saturated carbocycles. The van der Waals surface area contributed by atoms with Crippen LogP contribution >= 0.6 is 31.9 Å². The minimum Gasteiger partial charge on any atom is -0.380 e. The summed E-state index contributed by atoms with van der Waals surface area (Å²) >= 11 is 6.70. The number of hydrogen-bond donors (Lipinski definition) is 1. The van der Waals surface area contributed by atoms with Crippen LogP contribution < -0.4 is 5.32 Å². The first-order chi connectivity index (χ1) is 8.18. The molecule has 1 nitrogen and oxygen atoms in total. The fourth-order valence-electron chi connectivity index (χ4n) is 1.48. The zero-order chi connectivity index (χ0) is 12.3.